The fourth-order valence-corrected chi connectivity index (χ4v) is 10.6. The Bertz CT molecular complexity index is 1440. The number of hydrogen-bond donors (Lipinski definition) is 6. The van der Waals surface area contributed by atoms with Crippen LogP contribution in [0.3, 0.4) is 0 Å². The van der Waals surface area contributed by atoms with Gasteiger partial charge in [0.05, 0.1) is 70.1 Å². The van der Waals surface area contributed by atoms with Crippen LogP contribution in [0.4, 0.5) is 0 Å². The molecule has 18 nitrogen and oxygen atoms in total. The largest absolute Gasteiger partial charge is 0.481 e. The Morgan fingerprint density at radius 1 is 0.554 bits per heavy atom. The lowest BCUT2D eigenvalue weighted by Gasteiger charge is -2.24. The van der Waals surface area contributed by atoms with Gasteiger partial charge in [-0.2, -0.15) is 0 Å². The molecule has 0 radical (unpaired) electrons. The van der Waals surface area contributed by atoms with Crippen LogP contribution in [0, 0.1) is 10.8 Å². The van der Waals surface area contributed by atoms with Crippen molar-refractivity contribution in [2.45, 2.75) is 123 Å². The Morgan fingerprint density at radius 3 is 1.35 bits per heavy atom. The Balaban J connectivity index is 4.50. The minimum absolute atomic E-state index is 0.0771. The van der Waals surface area contributed by atoms with Gasteiger partial charge in [0.25, 0.3) is 2.86 Å². The molecule has 0 rings (SSSR count). The third-order valence-corrected chi connectivity index (χ3v) is 16.3. The first-order valence-electron chi connectivity index (χ1n) is 23.3. The second-order valence-corrected chi connectivity index (χ2v) is 23.8. The van der Waals surface area contributed by atoms with E-state index in [1.54, 1.807) is 70.9 Å². The van der Waals surface area contributed by atoms with E-state index >= 15 is 0 Å². The number of carbonyl (C=O) groups is 7. The SMILES string of the molecule is [2H]OC(=O)C(C)(C)CCSSC(C)(C)CCC(=O)NCCOCCOCCN(CCOCCOCCNC(=O)CCC(C)(C)SSCCC(C)(C)C(=O)O[2H])C(=O)CCNC(=O)C([3H])CC(=O)O. The molecule has 0 saturated carbocycles. The van der Waals surface area contributed by atoms with E-state index in [0.29, 0.717) is 63.1 Å². The molecule has 0 spiro atoms. The number of carbonyl (C=O) groups excluding carboxylic acids is 4. The van der Waals surface area contributed by atoms with Gasteiger partial charge < -0.3 is 55.1 Å². The van der Waals surface area contributed by atoms with Crippen LogP contribution in [0.5, 0.6) is 0 Å². The number of hydrogen-bond acceptors (Lipinski definition) is 17. The van der Waals surface area contributed by atoms with E-state index < -0.39 is 47.5 Å². The molecule has 0 heterocycles. The standard InChI is InChI=1S/C43H78N4O14S4/c1-40(2,38(54)55)16-31-62-64-42(5,6)14-11-34(49)45-19-23-58-27-29-60-25-21-47(36(51)13-18-44-33(48)9-10-37(52)53)22-26-61-30-28-59-24-20-46-35(50)12-15-43(7,8)65-63-32-17-41(3,4)39(56)57/h9-32H2,1-8H3,(H,44,48)(H,45,49)(H,46,50)(H,52,53)(H,54,55)(H,56,57)/i9T/hD2. The van der Waals surface area contributed by atoms with Crippen molar-refractivity contribution in [3.63, 3.8) is 0 Å². The molecule has 6 N–H and O–H groups in total. The number of carboxylic acid groups (broad SMARTS) is 3. The van der Waals surface area contributed by atoms with Crippen molar-refractivity contribution >= 4 is 84.7 Å². The molecule has 0 aliphatic carbocycles. The smallest absolute Gasteiger partial charge is 0.309 e. The maximum atomic E-state index is 13.1. The normalized spacial score (nSPS) is 13.1. The summed E-state index contributed by atoms with van der Waals surface area (Å²) < 4.78 is 43.5. The van der Waals surface area contributed by atoms with Gasteiger partial charge in [-0.05, 0) is 81.1 Å². The lowest BCUT2D eigenvalue weighted by Crippen LogP contribution is -2.39. The summed E-state index contributed by atoms with van der Waals surface area (Å²) in [6.45, 7) is 18.2. The van der Waals surface area contributed by atoms with Gasteiger partial charge in [0, 0.05) is 80.8 Å². The molecular weight excluding hydrogens is 925 g/mol. The number of carboxylic acids is 3. The average Bonchev–Trinajstić information content (AvgIpc) is 3.27. The summed E-state index contributed by atoms with van der Waals surface area (Å²) in [6, 6.07) is 0. The predicted octanol–water partition coefficient (Wildman–Crippen LogP) is 5.37. The van der Waals surface area contributed by atoms with E-state index in [0.717, 1.165) is 0 Å². The van der Waals surface area contributed by atoms with Crippen molar-refractivity contribution < 1.29 is 69.2 Å². The van der Waals surface area contributed by atoms with Crippen molar-refractivity contribution in [3.05, 3.63) is 0 Å². The number of ether oxygens (including phenoxy) is 4. The lowest BCUT2D eigenvalue weighted by atomic mass is 9.91. The van der Waals surface area contributed by atoms with Crippen molar-refractivity contribution in [2.24, 2.45) is 10.8 Å². The Morgan fingerprint density at radius 2 is 0.954 bits per heavy atom. The second kappa shape index (κ2) is 34.8. The van der Waals surface area contributed by atoms with Crippen LogP contribution < -0.4 is 16.0 Å². The molecule has 0 saturated heterocycles. The molecule has 0 aliphatic rings. The molecule has 378 valence electrons. The van der Waals surface area contributed by atoms with Gasteiger partial charge in [-0.3, -0.25) is 33.6 Å². The monoisotopic (exact) mass is 1010 g/mol. The van der Waals surface area contributed by atoms with Crippen LogP contribution in [0.2, 0.25) is 0 Å². The van der Waals surface area contributed by atoms with Gasteiger partial charge in [0.1, 0.15) is 0 Å². The summed E-state index contributed by atoms with van der Waals surface area (Å²) in [5.41, 5.74) is -1.46. The third kappa shape index (κ3) is 35.4. The van der Waals surface area contributed by atoms with E-state index in [1.807, 2.05) is 0 Å². The highest BCUT2D eigenvalue weighted by atomic mass is 33.1. The second-order valence-electron chi connectivity index (χ2n) is 17.5. The highest BCUT2D eigenvalue weighted by Gasteiger charge is 2.29. The van der Waals surface area contributed by atoms with E-state index in [-0.39, 0.29) is 106 Å². The highest BCUT2D eigenvalue weighted by Crippen LogP contribution is 2.41. The van der Waals surface area contributed by atoms with Gasteiger partial charge in [0.2, 0.25) is 23.6 Å². The first-order valence-corrected chi connectivity index (χ1v) is 26.5. The zero-order chi connectivity index (χ0) is 51.7. The van der Waals surface area contributed by atoms with Crippen molar-refractivity contribution in [2.75, 3.05) is 97.1 Å². The van der Waals surface area contributed by atoms with Gasteiger partial charge >= 0.3 is 17.9 Å². The van der Waals surface area contributed by atoms with Crippen molar-refractivity contribution in [3.8, 4) is 0 Å². The minimum Gasteiger partial charge on any atom is -0.481 e. The molecule has 1 unspecified atom stereocenters. The van der Waals surface area contributed by atoms with Crippen LogP contribution in [-0.4, -0.2) is 168 Å². The maximum Gasteiger partial charge on any atom is 0.309 e. The fraction of sp³-hybridized carbons (Fsp3) is 0.837. The topological polar surface area (TPSA) is 256 Å². The van der Waals surface area contributed by atoms with Gasteiger partial charge in [0.15, 0.2) is 0 Å². The summed E-state index contributed by atoms with van der Waals surface area (Å²) in [6.07, 6.45) is 0.912. The highest BCUT2D eigenvalue weighted by molar-refractivity contribution is 8.77. The zero-order valence-corrected chi connectivity index (χ0v) is 42.9. The van der Waals surface area contributed by atoms with E-state index in [4.69, 9.17) is 28.3 Å². The van der Waals surface area contributed by atoms with Gasteiger partial charge in [-0.25, -0.2) is 0 Å². The number of aliphatic carboxylic acids is 3. The summed E-state index contributed by atoms with van der Waals surface area (Å²) in [5, 5.41) is 25.2. The summed E-state index contributed by atoms with van der Waals surface area (Å²) in [5.74, 6) is -2.25. The van der Waals surface area contributed by atoms with Gasteiger partial charge in [-0.15, -0.1) is 0 Å². The summed E-state index contributed by atoms with van der Waals surface area (Å²) in [4.78, 5) is 85.7. The van der Waals surface area contributed by atoms with Crippen LogP contribution in [0.15, 0.2) is 0 Å². The average molecular weight is 1010 g/mol. The van der Waals surface area contributed by atoms with Gasteiger partial charge in [-0.1, -0.05) is 43.2 Å². The van der Waals surface area contributed by atoms with E-state index in [9.17, 15) is 33.6 Å². The predicted molar refractivity (Wildman–Crippen MR) is 259 cm³/mol. The quantitative estimate of drug-likeness (QED) is 0.0332. The Kier molecular flexibility index (Phi) is 30.4. The first kappa shape index (κ1) is 56.9. The molecule has 0 aromatic carbocycles. The molecule has 0 aliphatic heterocycles. The first-order chi connectivity index (χ1) is 31.9. The molecule has 1 atom stereocenters. The fourth-order valence-electron chi connectivity index (χ4n) is 4.87. The molecule has 0 fully saturated rings. The molecular formula is C43H78N4O14S4. The third-order valence-electron chi connectivity index (χ3n) is 9.55. The zero-order valence-electron chi connectivity index (χ0n) is 42.7. The number of nitrogens with one attached hydrogen (secondary N) is 3. The molecule has 0 aromatic heterocycles. The van der Waals surface area contributed by atoms with Crippen LogP contribution in [-0.2, 0) is 52.5 Å². The van der Waals surface area contributed by atoms with Crippen LogP contribution in [0.1, 0.15) is 115 Å². The lowest BCUT2D eigenvalue weighted by molar-refractivity contribution is -0.147. The molecule has 4 amide bonds. The van der Waals surface area contributed by atoms with E-state index in [2.05, 4.69) is 53.9 Å². The maximum absolute atomic E-state index is 13.1. The summed E-state index contributed by atoms with van der Waals surface area (Å²) in [7, 11) is 6.55. The minimum atomic E-state index is -1.49. The van der Waals surface area contributed by atoms with E-state index in [1.165, 1.54) is 4.90 Å². The Labute approximate surface area is 406 Å². The Hall–Kier alpha value is -2.47. The number of amides is 4. The molecule has 0 bridgehead atoms. The van der Waals surface area contributed by atoms with Crippen LogP contribution >= 0.6 is 43.2 Å². The number of nitrogens with zero attached hydrogens (tertiary/aromatic N) is 1. The van der Waals surface area contributed by atoms with Crippen LogP contribution in [0.25, 0.3) is 2.86 Å². The van der Waals surface area contributed by atoms with Crippen molar-refractivity contribution in [1.29, 1.82) is 2.86 Å². The molecule has 22 heteroatoms. The number of rotatable bonds is 42. The van der Waals surface area contributed by atoms with Crippen molar-refractivity contribution in [1.82, 2.24) is 20.9 Å². The molecule has 65 heavy (non-hydrogen) atoms. The summed E-state index contributed by atoms with van der Waals surface area (Å²) >= 11 is 0. The molecule has 0 aromatic rings.